The molecule has 5 nitrogen and oxygen atoms in total. The van der Waals surface area contributed by atoms with E-state index in [4.69, 9.17) is 21.1 Å². The van der Waals surface area contributed by atoms with E-state index in [0.717, 1.165) is 11.6 Å². The van der Waals surface area contributed by atoms with Crippen molar-refractivity contribution in [3.63, 3.8) is 0 Å². The Bertz CT molecular complexity index is 767. The molecule has 0 bridgehead atoms. The summed E-state index contributed by atoms with van der Waals surface area (Å²) in [5.41, 5.74) is 0.936. The van der Waals surface area contributed by atoms with Crippen molar-refractivity contribution in [1.29, 1.82) is 0 Å². The number of rotatable bonds is 3. The summed E-state index contributed by atoms with van der Waals surface area (Å²) < 4.78 is 14.7. The summed E-state index contributed by atoms with van der Waals surface area (Å²) in [6.07, 6.45) is 0.171. The summed E-state index contributed by atoms with van der Waals surface area (Å²) in [6.45, 7) is 5.23. The standard InChI is InChI=1S/C16H13ClO5/c1-4-14(18)22-15-10-6-5-9(2)7-11(10)13(8-12(15)17)21-16(19)20-3/h4-8H,1H2,2-3H3. The Labute approximate surface area is 132 Å². The molecule has 22 heavy (non-hydrogen) atoms. The quantitative estimate of drug-likeness (QED) is 0.370. The molecule has 0 spiro atoms. The van der Waals surface area contributed by atoms with Gasteiger partial charge in [-0.05, 0) is 13.0 Å². The van der Waals surface area contributed by atoms with E-state index in [1.165, 1.54) is 13.2 Å². The zero-order chi connectivity index (χ0) is 16.3. The lowest BCUT2D eigenvalue weighted by atomic mass is 10.1. The second kappa shape index (κ2) is 6.49. The number of methoxy groups -OCH3 is 1. The van der Waals surface area contributed by atoms with Crippen LogP contribution in [-0.2, 0) is 9.53 Å². The first-order valence-electron chi connectivity index (χ1n) is 6.29. The highest BCUT2D eigenvalue weighted by molar-refractivity contribution is 6.34. The summed E-state index contributed by atoms with van der Waals surface area (Å²) in [7, 11) is 1.21. The molecular weight excluding hydrogens is 308 g/mol. The SMILES string of the molecule is C=CC(=O)Oc1c(Cl)cc(OC(=O)OC)c2cc(C)ccc12. The van der Waals surface area contributed by atoms with Gasteiger partial charge in [0.25, 0.3) is 0 Å². The molecule has 0 radical (unpaired) electrons. The van der Waals surface area contributed by atoms with Gasteiger partial charge >= 0.3 is 12.1 Å². The minimum Gasteiger partial charge on any atom is -0.437 e. The highest BCUT2D eigenvalue weighted by atomic mass is 35.5. The van der Waals surface area contributed by atoms with Gasteiger partial charge in [0.15, 0.2) is 5.75 Å². The zero-order valence-corrected chi connectivity index (χ0v) is 12.8. The topological polar surface area (TPSA) is 61.8 Å². The normalized spacial score (nSPS) is 10.1. The lowest BCUT2D eigenvalue weighted by molar-refractivity contribution is -0.128. The summed E-state index contributed by atoms with van der Waals surface area (Å²) in [6, 6.07) is 6.74. The van der Waals surface area contributed by atoms with Crippen molar-refractivity contribution >= 4 is 34.5 Å². The van der Waals surface area contributed by atoms with E-state index >= 15 is 0 Å². The zero-order valence-electron chi connectivity index (χ0n) is 12.0. The molecule has 2 rings (SSSR count). The molecule has 114 valence electrons. The van der Waals surface area contributed by atoms with Crippen LogP contribution >= 0.6 is 11.6 Å². The molecule has 0 aliphatic heterocycles. The number of fused-ring (bicyclic) bond motifs is 1. The predicted octanol–water partition coefficient (Wildman–Crippen LogP) is 4.04. The van der Waals surface area contributed by atoms with Crippen molar-refractivity contribution < 1.29 is 23.8 Å². The number of halogens is 1. The number of carbonyl (C=O) groups excluding carboxylic acids is 2. The molecule has 0 saturated carbocycles. The molecule has 0 N–H and O–H groups in total. The minimum absolute atomic E-state index is 0.130. The molecule has 0 unspecified atom stereocenters. The summed E-state index contributed by atoms with van der Waals surface area (Å²) in [5.74, 6) is -0.238. The Balaban J connectivity index is 2.66. The van der Waals surface area contributed by atoms with Crippen molar-refractivity contribution in [1.82, 2.24) is 0 Å². The Morgan fingerprint density at radius 1 is 1.18 bits per heavy atom. The summed E-state index contributed by atoms with van der Waals surface area (Å²) in [5, 5.41) is 1.24. The lowest BCUT2D eigenvalue weighted by Crippen LogP contribution is -2.09. The van der Waals surface area contributed by atoms with Crippen LogP contribution in [0.25, 0.3) is 10.8 Å². The molecule has 0 aliphatic rings. The molecule has 2 aromatic carbocycles. The molecule has 0 aliphatic carbocycles. The largest absolute Gasteiger partial charge is 0.513 e. The second-order valence-electron chi connectivity index (χ2n) is 4.42. The number of ether oxygens (including phenoxy) is 3. The molecule has 2 aromatic rings. The van der Waals surface area contributed by atoms with Crippen molar-refractivity contribution in [2.75, 3.05) is 7.11 Å². The second-order valence-corrected chi connectivity index (χ2v) is 4.82. The van der Waals surface area contributed by atoms with Gasteiger partial charge in [-0.3, -0.25) is 0 Å². The van der Waals surface area contributed by atoms with E-state index in [2.05, 4.69) is 11.3 Å². The maximum absolute atomic E-state index is 11.4. The van der Waals surface area contributed by atoms with E-state index in [1.54, 1.807) is 12.1 Å². The van der Waals surface area contributed by atoms with Crippen LogP contribution in [0.2, 0.25) is 5.02 Å². The number of esters is 1. The molecule has 0 saturated heterocycles. The van der Waals surface area contributed by atoms with Gasteiger partial charge < -0.3 is 14.2 Å². The van der Waals surface area contributed by atoms with Crippen LogP contribution < -0.4 is 9.47 Å². The number of aryl methyl sites for hydroxylation is 1. The summed E-state index contributed by atoms with van der Waals surface area (Å²) in [4.78, 5) is 22.8. The van der Waals surface area contributed by atoms with E-state index in [9.17, 15) is 9.59 Å². The first kappa shape index (κ1) is 15.9. The Hall–Kier alpha value is -2.53. The van der Waals surface area contributed by atoms with Crippen LogP contribution in [-0.4, -0.2) is 19.2 Å². The molecular formula is C16H13ClO5. The van der Waals surface area contributed by atoms with Gasteiger partial charge in [-0.25, -0.2) is 9.59 Å². The Morgan fingerprint density at radius 3 is 2.55 bits per heavy atom. The fourth-order valence-electron chi connectivity index (χ4n) is 1.91. The first-order valence-corrected chi connectivity index (χ1v) is 6.67. The van der Waals surface area contributed by atoms with Gasteiger partial charge in [0.2, 0.25) is 0 Å². The Morgan fingerprint density at radius 2 is 1.91 bits per heavy atom. The van der Waals surface area contributed by atoms with Gasteiger partial charge in [0.05, 0.1) is 12.1 Å². The van der Waals surface area contributed by atoms with Crippen molar-refractivity contribution in [2.45, 2.75) is 6.92 Å². The van der Waals surface area contributed by atoms with E-state index in [0.29, 0.717) is 10.8 Å². The lowest BCUT2D eigenvalue weighted by Gasteiger charge is -2.13. The highest BCUT2D eigenvalue weighted by Crippen LogP contribution is 2.40. The maximum atomic E-state index is 11.4. The number of hydrogen-bond acceptors (Lipinski definition) is 5. The monoisotopic (exact) mass is 320 g/mol. The van der Waals surface area contributed by atoms with Crippen LogP contribution in [0.15, 0.2) is 36.9 Å². The van der Waals surface area contributed by atoms with Gasteiger partial charge in [-0.1, -0.05) is 35.9 Å². The Kier molecular flexibility index (Phi) is 4.68. The van der Waals surface area contributed by atoms with Gasteiger partial charge in [0, 0.05) is 22.9 Å². The van der Waals surface area contributed by atoms with E-state index in [1.807, 2.05) is 13.0 Å². The first-order chi connectivity index (χ1) is 10.5. The molecule has 0 atom stereocenters. The van der Waals surface area contributed by atoms with Crippen LogP contribution in [0.3, 0.4) is 0 Å². The van der Waals surface area contributed by atoms with Crippen molar-refractivity contribution in [3.05, 3.63) is 47.5 Å². The average molecular weight is 321 g/mol. The van der Waals surface area contributed by atoms with E-state index < -0.39 is 12.1 Å². The minimum atomic E-state index is -0.866. The van der Waals surface area contributed by atoms with Crippen molar-refractivity contribution in [3.8, 4) is 11.5 Å². The predicted molar refractivity (Wildman–Crippen MR) is 82.6 cm³/mol. The van der Waals surface area contributed by atoms with Gasteiger partial charge in [0.1, 0.15) is 5.75 Å². The van der Waals surface area contributed by atoms with Crippen LogP contribution in [0.1, 0.15) is 5.56 Å². The average Bonchev–Trinajstić information content (AvgIpc) is 2.50. The maximum Gasteiger partial charge on any atom is 0.513 e. The third kappa shape index (κ3) is 3.20. The molecule has 0 heterocycles. The van der Waals surface area contributed by atoms with Crippen LogP contribution in [0, 0.1) is 6.92 Å². The number of hydrogen-bond donors (Lipinski definition) is 0. The van der Waals surface area contributed by atoms with E-state index in [-0.39, 0.29) is 16.5 Å². The fourth-order valence-corrected chi connectivity index (χ4v) is 2.15. The smallest absolute Gasteiger partial charge is 0.437 e. The third-order valence-electron chi connectivity index (χ3n) is 2.89. The molecule has 0 aromatic heterocycles. The summed E-state index contributed by atoms with van der Waals surface area (Å²) >= 11 is 6.13. The molecule has 0 fully saturated rings. The van der Waals surface area contributed by atoms with Crippen molar-refractivity contribution in [2.24, 2.45) is 0 Å². The highest BCUT2D eigenvalue weighted by Gasteiger charge is 2.17. The van der Waals surface area contributed by atoms with Gasteiger partial charge in [-0.15, -0.1) is 0 Å². The third-order valence-corrected chi connectivity index (χ3v) is 3.17. The molecule has 6 heteroatoms. The van der Waals surface area contributed by atoms with Gasteiger partial charge in [-0.2, -0.15) is 0 Å². The number of benzene rings is 2. The van der Waals surface area contributed by atoms with Crippen LogP contribution in [0.5, 0.6) is 11.5 Å². The fraction of sp³-hybridized carbons (Fsp3) is 0.125. The van der Waals surface area contributed by atoms with Crippen LogP contribution in [0.4, 0.5) is 4.79 Å². The number of carbonyl (C=O) groups is 2. The molecule has 0 amide bonds.